The van der Waals surface area contributed by atoms with Gasteiger partial charge in [-0.2, -0.15) is 25.3 Å². The van der Waals surface area contributed by atoms with E-state index >= 15 is 0 Å². The monoisotopic (exact) mass is 287 g/mol. The van der Waals surface area contributed by atoms with Crippen LogP contribution in [0.3, 0.4) is 0 Å². The van der Waals surface area contributed by atoms with E-state index in [9.17, 15) is 8.78 Å². The normalized spacial score (nSPS) is 18.7. The summed E-state index contributed by atoms with van der Waals surface area (Å²) in [5.74, 6) is -3.45. The van der Waals surface area contributed by atoms with Crippen LogP contribution in [0.1, 0.15) is 13.8 Å². The minimum Gasteiger partial charge on any atom is -0.313 e. The second-order valence-corrected chi connectivity index (χ2v) is 4.54. The topological polar surface area (TPSA) is 36.1 Å². The molecular weight excluding hydrogens is 264 g/mol. The molecule has 0 amide bonds. The zero-order valence-corrected chi connectivity index (χ0v) is 12.2. The van der Waals surface area contributed by atoms with E-state index in [1.165, 1.54) is 0 Å². The lowest BCUT2D eigenvalue weighted by Gasteiger charge is -2.31. The van der Waals surface area contributed by atoms with E-state index in [4.69, 9.17) is 0 Å². The van der Waals surface area contributed by atoms with Crippen LogP contribution in [0.4, 0.5) is 8.78 Å². The average Bonchev–Trinajstić information content (AvgIpc) is 2.34. The average molecular weight is 287 g/mol. The van der Waals surface area contributed by atoms with Gasteiger partial charge >= 0.3 is 0 Å². The fourth-order valence-electron chi connectivity index (χ4n) is 1.29. The van der Waals surface area contributed by atoms with E-state index in [2.05, 4.69) is 41.2 Å². The maximum absolute atomic E-state index is 14.1. The van der Waals surface area contributed by atoms with E-state index in [0.717, 1.165) is 0 Å². The highest BCUT2D eigenvalue weighted by atomic mass is 32.1. The summed E-state index contributed by atoms with van der Waals surface area (Å²) < 4.78 is 28.2. The molecule has 1 unspecified atom stereocenters. The van der Waals surface area contributed by atoms with Crippen LogP contribution in [-0.2, 0) is 0 Å². The van der Waals surface area contributed by atoms with E-state index in [-0.39, 0.29) is 24.6 Å². The summed E-state index contributed by atoms with van der Waals surface area (Å²) in [5, 5.41) is 8.09. The van der Waals surface area contributed by atoms with Crippen LogP contribution in [-0.4, -0.2) is 49.3 Å². The van der Waals surface area contributed by atoms with Gasteiger partial charge < -0.3 is 5.32 Å². The van der Waals surface area contributed by atoms with E-state index in [1.807, 2.05) is 6.92 Å². The SMILES string of the molecule is CCNC[C@](F)(CS)NCC(F)(CS)NCC. The molecule has 104 valence electrons. The first-order valence-corrected chi connectivity index (χ1v) is 7.02. The lowest BCUT2D eigenvalue weighted by Crippen LogP contribution is -2.58. The summed E-state index contributed by atoms with van der Waals surface area (Å²) in [6.45, 7) is 4.74. The Labute approximate surface area is 113 Å². The van der Waals surface area contributed by atoms with Gasteiger partial charge in [0.1, 0.15) is 0 Å². The minimum atomic E-state index is -1.71. The minimum absolute atomic E-state index is 0.0162. The highest BCUT2D eigenvalue weighted by Gasteiger charge is 2.33. The number of halogens is 2. The van der Waals surface area contributed by atoms with Crippen LogP contribution in [0.5, 0.6) is 0 Å². The Balaban J connectivity index is 4.27. The fourth-order valence-corrected chi connectivity index (χ4v) is 1.73. The molecule has 0 aromatic carbocycles. The molecule has 0 radical (unpaired) electrons. The number of thiol groups is 2. The molecule has 0 aromatic rings. The fraction of sp³-hybridized carbons (Fsp3) is 1.00. The molecule has 0 saturated heterocycles. The third kappa shape index (κ3) is 6.81. The quantitative estimate of drug-likeness (QED) is 0.307. The van der Waals surface area contributed by atoms with Gasteiger partial charge in [-0.1, -0.05) is 13.8 Å². The van der Waals surface area contributed by atoms with Crippen LogP contribution < -0.4 is 16.0 Å². The lowest BCUT2D eigenvalue weighted by molar-refractivity contribution is 0.0822. The molecule has 2 atom stereocenters. The molecule has 0 fully saturated rings. The van der Waals surface area contributed by atoms with Crippen molar-refractivity contribution >= 4 is 25.3 Å². The third-order valence-corrected chi connectivity index (χ3v) is 3.34. The van der Waals surface area contributed by atoms with E-state index in [1.54, 1.807) is 6.92 Å². The van der Waals surface area contributed by atoms with Crippen molar-refractivity contribution in [3.05, 3.63) is 0 Å². The second kappa shape index (κ2) is 8.53. The molecule has 0 aliphatic carbocycles. The van der Waals surface area contributed by atoms with E-state index in [0.29, 0.717) is 13.1 Å². The van der Waals surface area contributed by atoms with Gasteiger partial charge in [0.2, 0.25) is 0 Å². The number of nitrogens with one attached hydrogen (secondary N) is 3. The molecule has 0 aliphatic rings. The number of alkyl halides is 2. The van der Waals surface area contributed by atoms with Crippen molar-refractivity contribution in [3.8, 4) is 0 Å². The van der Waals surface area contributed by atoms with Gasteiger partial charge in [0.05, 0.1) is 0 Å². The summed E-state index contributed by atoms with van der Waals surface area (Å²) >= 11 is 7.88. The van der Waals surface area contributed by atoms with E-state index < -0.39 is 11.6 Å². The maximum Gasteiger partial charge on any atom is 0.183 e. The molecule has 0 spiro atoms. The van der Waals surface area contributed by atoms with Crippen molar-refractivity contribution in [1.82, 2.24) is 16.0 Å². The first-order valence-electron chi connectivity index (χ1n) is 5.75. The highest BCUT2D eigenvalue weighted by Crippen LogP contribution is 2.13. The van der Waals surface area contributed by atoms with Crippen LogP contribution in [0.25, 0.3) is 0 Å². The number of hydrogen-bond acceptors (Lipinski definition) is 5. The van der Waals surface area contributed by atoms with Crippen molar-refractivity contribution < 1.29 is 8.78 Å². The standard InChI is InChI=1S/C10H23F2N3S2/c1-3-13-5-9(11,7-16)15-6-10(12,8-17)14-4-2/h13-17H,3-8H2,1-2H3/t9-,10?/m1/s1. The van der Waals surface area contributed by atoms with Gasteiger partial charge in [-0.3, -0.25) is 10.6 Å². The summed E-state index contributed by atoms with van der Waals surface area (Å²) in [7, 11) is 0. The molecular formula is C10H23F2N3S2. The predicted octanol–water partition coefficient (Wildman–Crippen LogP) is 0.986. The smallest absolute Gasteiger partial charge is 0.183 e. The predicted molar refractivity (Wildman–Crippen MR) is 75.6 cm³/mol. The first-order chi connectivity index (χ1) is 7.95. The Morgan fingerprint density at radius 1 is 0.882 bits per heavy atom. The summed E-state index contributed by atoms with van der Waals surface area (Å²) in [4.78, 5) is 0. The van der Waals surface area contributed by atoms with Crippen LogP contribution in [0.2, 0.25) is 0 Å². The van der Waals surface area contributed by atoms with Crippen molar-refractivity contribution in [1.29, 1.82) is 0 Å². The number of likely N-dealkylation sites (N-methyl/N-ethyl adjacent to an activating group) is 2. The molecule has 0 heterocycles. The highest BCUT2D eigenvalue weighted by molar-refractivity contribution is 7.80. The lowest BCUT2D eigenvalue weighted by atomic mass is 10.2. The second-order valence-electron chi connectivity index (χ2n) is 3.91. The summed E-state index contributed by atoms with van der Waals surface area (Å²) in [6, 6.07) is 0. The molecule has 0 rings (SSSR count). The molecule has 3 nitrogen and oxygen atoms in total. The Morgan fingerprint density at radius 2 is 1.41 bits per heavy atom. The van der Waals surface area contributed by atoms with Gasteiger partial charge in [-0.25, -0.2) is 8.78 Å². The summed E-state index contributed by atoms with van der Waals surface area (Å²) in [6.07, 6.45) is 0. The molecule has 0 bridgehead atoms. The van der Waals surface area contributed by atoms with Gasteiger partial charge in [-0.05, 0) is 13.1 Å². The van der Waals surface area contributed by atoms with Gasteiger partial charge in [0.15, 0.2) is 11.6 Å². The van der Waals surface area contributed by atoms with Crippen LogP contribution in [0, 0.1) is 0 Å². The number of hydrogen-bond donors (Lipinski definition) is 5. The summed E-state index contributed by atoms with van der Waals surface area (Å²) in [5.41, 5.74) is 0. The van der Waals surface area contributed by atoms with Crippen molar-refractivity contribution in [2.24, 2.45) is 0 Å². The molecule has 0 aliphatic heterocycles. The van der Waals surface area contributed by atoms with Crippen molar-refractivity contribution in [3.63, 3.8) is 0 Å². The van der Waals surface area contributed by atoms with Crippen LogP contribution in [0.15, 0.2) is 0 Å². The Kier molecular flexibility index (Phi) is 8.75. The van der Waals surface area contributed by atoms with Crippen molar-refractivity contribution in [2.45, 2.75) is 25.4 Å². The Morgan fingerprint density at radius 3 is 1.82 bits per heavy atom. The Bertz CT molecular complexity index is 212. The first kappa shape index (κ1) is 17.4. The molecule has 0 saturated carbocycles. The Hall–Kier alpha value is 0.440. The zero-order valence-electron chi connectivity index (χ0n) is 10.4. The largest absolute Gasteiger partial charge is 0.313 e. The zero-order chi connectivity index (χ0) is 13.4. The van der Waals surface area contributed by atoms with Gasteiger partial charge in [-0.15, -0.1) is 0 Å². The molecule has 3 N–H and O–H groups in total. The maximum atomic E-state index is 14.1. The van der Waals surface area contributed by atoms with Crippen molar-refractivity contribution in [2.75, 3.05) is 37.7 Å². The van der Waals surface area contributed by atoms with Gasteiger partial charge in [0, 0.05) is 24.6 Å². The van der Waals surface area contributed by atoms with Crippen LogP contribution >= 0.6 is 25.3 Å². The molecule has 17 heavy (non-hydrogen) atoms. The molecule has 0 aromatic heterocycles. The van der Waals surface area contributed by atoms with Gasteiger partial charge in [0.25, 0.3) is 0 Å². The molecule has 7 heteroatoms. The third-order valence-electron chi connectivity index (χ3n) is 2.34. The number of rotatable bonds is 10.